The zero-order valence-corrected chi connectivity index (χ0v) is 28.4. The first-order valence-electron chi connectivity index (χ1n) is 16.4. The highest BCUT2D eigenvalue weighted by atomic mass is 19.1. The summed E-state index contributed by atoms with van der Waals surface area (Å²) in [6.07, 6.45) is 3.27. The largest absolute Gasteiger partial charge is 0.483 e. The van der Waals surface area contributed by atoms with Crippen LogP contribution >= 0.6 is 0 Å². The summed E-state index contributed by atoms with van der Waals surface area (Å²) in [7, 11) is 0. The first-order chi connectivity index (χ1) is 21.5. The van der Waals surface area contributed by atoms with Gasteiger partial charge in [0, 0.05) is 50.3 Å². The number of pyridine rings is 1. The lowest BCUT2D eigenvalue weighted by atomic mass is 9.72. The first-order valence-corrected chi connectivity index (χ1v) is 16.4. The number of hydrogen-bond acceptors (Lipinski definition) is 8. The van der Waals surface area contributed by atoms with Gasteiger partial charge >= 0.3 is 6.09 Å². The van der Waals surface area contributed by atoms with Gasteiger partial charge in [0.25, 0.3) is 0 Å². The average Bonchev–Trinajstić information content (AvgIpc) is 2.90. The van der Waals surface area contributed by atoms with Crippen molar-refractivity contribution >= 4 is 17.8 Å². The Morgan fingerprint density at radius 1 is 1.15 bits per heavy atom. The number of carbonyl (C=O) groups excluding carboxylic acids is 2. The van der Waals surface area contributed by atoms with E-state index in [1.54, 1.807) is 12.1 Å². The van der Waals surface area contributed by atoms with E-state index in [4.69, 9.17) is 14.5 Å². The van der Waals surface area contributed by atoms with Crippen LogP contribution in [0.15, 0.2) is 30.3 Å². The monoisotopic (exact) mass is 641 g/mol. The van der Waals surface area contributed by atoms with E-state index in [0.717, 1.165) is 43.4 Å². The number of benzene rings is 1. The molecule has 1 spiro atoms. The number of carbonyl (C=O) groups is 2. The Kier molecular flexibility index (Phi) is 11.2. The maximum atomic E-state index is 13.9. The van der Waals surface area contributed by atoms with Crippen molar-refractivity contribution in [3.8, 4) is 5.75 Å². The van der Waals surface area contributed by atoms with Crippen molar-refractivity contribution in [1.82, 2.24) is 20.9 Å². The van der Waals surface area contributed by atoms with Crippen molar-refractivity contribution in [3.05, 3.63) is 53.0 Å². The van der Waals surface area contributed by atoms with E-state index in [2.05, 4.69) is 48.1 Å². The SMILES string of the molecule is CC(=O)N[C@@H](Cc1cccc(F)c1)[C@H](O)CN[C@H]1CC2(CCC2)Oc2c1cc(CC(C)(C)C)nc2NCCNC(=O)OC(C)(C)C. The summed E-state index contributed by atoms with van der Waals surface area (Å²) in [5.41, 5.74) is 1.65. The van der Waals surface area contributed by atoms with E-state index >= 15 is 0 Å². The molecule has 1 aliphatic heterocycles. The highest BCUT2D eigenvalue weighted by Gasteiger charge is 2.47. The van der Waals surface area contributed by atoms with E-state index in [0.29, 0.717) is 36.6 Å². The lowest BCUT2D eigenvalue weighted by Gasteiger charge is -2.48. The molecule has 0 saturated heterocycles. The maximum absolute atomic E-state index is 13.9. The molecule has 1 aliphatic carbocycles. The number of nitrogens with one attached hydrogen (secondary N) is 4. The van der Waals surface area contributed by atoms with Crippen molar-refractivity contribution in [1.29, 1.82) is 0 Å². The molecule has 10 nitrogen and oxygen atoms in total. The summed E-state index contributed by atoms with van der Waals surface area (Å²) in [6, 6.07) is 7.56. The third kappa shape index (κ3) is 10.3. The summed E-state index contributed by atoms with van der Waals surface area (Å²) in [5.74, 6) is 0.690. The predicted octanol–water partition coefficient (Wildman–Crippen LogP) is 5.19. The van der Waals surface area contributed by atoms with Gasteiger partial charge < -0.3 is 35.8 Å². The molecule has 1 aromatic carbocycles. The van der Waals surface area contributed by atoms with E-state index in [9.17, 15) is 19.1 Å². The van der Waals surface area contributed by atoms with Crippen molar-refractivity contribution in [2.45, 2.75) is 116 Å². The van der Waals surface area contributed by atoms with Gasteiger partial charge in [-0.1, -0.05) is 32.9 Å². The second-order valence-electron chi connectivity index (χ2n) is 15.0. The quantitative estimate of drug-likeness (QED) is 0.200. The van der Waals surface area contributed by atoms with Gasteiger partial charge in [-0.3, -0.25) is 4.79 Å². The Hall–Kier alpha value is -3.44. The standard InChI is InChI=1S/C35H52FN5O5/c1-22(42)40-27(17-23-10-8-11-24(36)16-23)29(43)21-39-28-20-35(12-9-13-35)45-30-26(28)18-25(19-33(2,3)4)41-31(30)37-14-15-38-32(44)46-34(5,6)7/h8,10-11,16,18,27-29,39,43H,9,12-15,17,19-21H2,1-7H3,(H,37,41)(H,38,44)(H,40,42)/t27-,28-,29+/m0/s1. The maximum Gasteiger partial charge on any atom is 0.407 e. The lowest BCUT2D eigenvalue weighted by Crippen LogP contribution is -2.52. The number of halogens is 1. The van der Waals surface area contributed by atoms with Crippen LogP contribution in [0, 0.1) is 11.2 Å². The van der Waals surface area contributed by atoms with Crippen LogP contribution < -0.4 is 26.0 Å². The average molecular weight is 642 g/mol. The molecule has 1 aromatic heterocycles. The Morgan fingerprint density at radius 2 is 1.89 bits per heavy atom. The van der Waals surface area contributed by atoms with Crippen LogP contribution in [-0.4, -0.2) is 65.1 Å². The second-order valence-corrected chi connectivity index (χ2v) is 15.0. The predicted molar refractivity (Wildman–Crippen MR) is 176 cm³/mol. The molecule has 0 radical (unpaired) electrons. The van der Waals surface area contributed by atoms with Gasteiger partial charge in [0.1, 0.15) is 17.0 Å². The van der Waals surface area contributed by atoms with E-state index in [-0.39, 0.29) is 35.3 Å². The number of aliphatic hydroxyl groups excluding tert-OH is 1. The fourth-order valence-corrected chi connectivity index (χ4v) is 6.05. The summed E-state index contributed by atoms with van der Waals surface area (Å²) < 4.78 is 25.9. The number of aromatic nitrogens is 1. The number of alkyl carbamates (subject to hydrolysis) is 1. The third-order valence-electron chi connectivity index (χ3n) is 8.16. The molecule has 0 bridgehead atoms. The molecule has 2 amide bonds. The molecule has 46 heavy (non-hydrogen) atoms. The fraction of sp³-hybridized carbons (Fsp3) is 0.629. The van der Waals surface area contributed by atoms with Crippen molar-refractivity contribution in [2.75, 3.05) is 25.0 Å². The second kappa shape index (κ2) is 14.5. The van der Waals surface area contributed by atoms with Crippen LogP contribution in [0.5, 0.6) is 5.75 Å². The molecule has 11 heteroatoms. The number of ether oxygens (including phenoxy) is 2. The molecule has 2 aromatic rings. The van der Waals surface area contributed by atoms with Gasteiger partial charge in [-0.05, 0) is 82.1 Å². The zero-order valence-electron chi connectivity index (χ0n) is 28.4. The molecular formula is C35H52FN5O5. The Labute approximate surface area is 272 Å². The summed E-state index contributed by atoms with van der Waals surface area (Å²) in [6.45, 7) is 14.3. The van der Waals surface area contributed by atoms with Crippen molar-refractivity contribution < 1.29 is 28.6 Å². The van der Waals surface area contributed by atoms with Crippen molar-refractivity contribution in [3.63, 3.8) is 0 Å². The molecule has 0 unspecified atom stereocenters. The smallest absolute Gasteiger partial charge is 0.407 e. The molecule has 5 N–H and O–H groups in total. The first kappa shape index (κ1) is 35.4. The molecule has 3 atom stereocenters. The topological polar surface area (TPSA) is 134 Å². The molecule has 1 saturated carbocycles. The van der Waals surface area contributed by atoms with Gasteiger partial charge in [0.2, 0.25) is 5.91 Å². The zero-order chi connectivity index (χ0) is 33.7. The number of anilines is 1. The minimum absolute atomic E-state index is 0.0108. The number of rotatable bonds is 12. The highest BCUT2D eigenvalue weighted by Crippen LogP contribution is 2.51. The molecule has 1 fully saturated rings. The summed E-state index contributed by atoms with van der Waals surface area (Å²) >= 11 is 0. The molecule has 254 valence electrons. The lowest BCUT2D eigenvalue weighted by molar-refractivity contribution is -0.120. The van der Waals surface area contributed by atoms with Crippen LogP contribution in [-0.2, 0) is 22.4 Å². The number of fused-ring (bicyclic) bond motifs is 1. The highest BCUT2D eigenvalue weighted by molar-refractivity contribution is 5.73. The van der Waals surface area contributed by atoms with E-state index < -0.39 is 23.8 Å². The normalized spacial score (nSPS) is 18.4. The van der Waals surface area contributed by atoms with Crippen LogP contribution in [0.25, 0.3) is 0 Å². The van der Waals surface area contributed by atoms with Crippen LogP contribution in [0.4, 0.5) is 15.0 Å². The molecule has 4 rings (SSSR count). The molecule has 2 aliphatic rings. The van der Waals surface area contributed by atoms with Crippen LogP contribution in [0.1, 0.15) is 97.0 Å². The van der Waals surface area contributed by atoms with Crippen LogP contribution in [0.2, 0.25) is 0 Å². The minimum Gasteiger partial charge on any atom is -0.483 e. The summed E-state index contributed by atoms with van der Waals surface area (Å²) in [4.78, 5) is 29.2. The molecular weight excluding hydrogens is 589 g/mol. The van der Waals surface area contributed by atoms with Gasteiger partial charge in [0.15, 0.2) is 11.6 Å². The number of nitrogens with zero attached hydrogens (tertiary/aromatic N) is 1. The van der Waals surface area contributed by atoms with Gasteiger partial charge in [-0.25, -0.2) is 14.2 Å². The van der Waals surface area contributed by atoms with E-state index in [1.807, 2.05) is 20.8 Å². The number of amides is 2. The van der Waals surface area contributed by atoms with Crippen LogP contribution in [0.3, 0.4) is 0 Å². The summed E-state index contributed by atoms with van der Waals surface area (Å²) in [5, 5.41) is 23.9. The van der Waals surface area contributed by atoms with Gasteiger partial charge in [-0.2, -0.15) is 0 Å². The number of aliphatic hydroxyl groups is 1. The number of hydrogen-bond donors (Lipinski definition) is 5. The fourth-order valence-electron chi connectivity index (χ4n) is 6.05. The van der Waals surface area contributed by atoms with E-state index in [1.165, 1.54) is 19.1 Å². The minimum atomic E-state index is -0.928. The molecule has 2 heterocycles. The van der Waals surface area contributed by atoms with Gasteiger partial charge in [-0.15, -0.1) is 0 Å². The Morgan fingerprint density at radius 3 is 2.50 bits per heavy atom. The Bertz CT molecular complexity index is 1370. The Balaban J connectivity index is 1.55. The van der Waals surface area contributed by atoms with Gasteiger partial charge in [0.05, 0.1) is 12.1 Å². The third-order valence-corrected chi connectivity index (χ3v) is 8.16. The van der Waals surface area contributed by atoms with Crippen molar-refractivity contribution in [2.24, 2.45) is 5.41 Å².